The quantitative estimate of drug-likeness (QED) is 0.404. The predicted octanol–water partition coefficient (Wildman–Crippen LogP) is 2.71. The van der Waals surface area contributed by atoms with Gasteiger partial charge in [-0.15, -0.1) is 0 Å². The molecule has 3 N–H and O–H groups in total. The summed E-state index contributed by atoms with van der Waals surface area (Å²) in [5, 5.41) is 13.1. The monoisotopic (exact) mass is 470 g/mol. The van der Waals surface area contributed by atoms with E-state index < -0.39 is 17.6 Å². The Hall–Kier alpha value is -3.92. The Morgan fingerprint density at radius 2 is 2.06 bits per heavy atom. The van der Waals surface area contributed by atoms with Crippen LogP contribution in [0.2, 0.25) is 0 Å². The minimum atomic E-state index is -0.722. The van der Waals surface area contributed by atoms with E-state index in [1.54, 1.807) is 20.2 Å². The van der Waals surface area contributed by atoms with Crippen molar-refractivity contribution >= 4 is 17.6 Å². The summed E-state index contributed by atoms with van der Waals surface area (Å²) < 4.78 is 31.6. The maximum absolute atomic E-state index is 14.6. The summed E-state index contributed by atoms with van der Waals surface area (Å²) in [6, 6.07) is 7.04. The van der Waals surface area contributed by atoms with Gasteiger partial charge in [-0.3, -0.25) is 15.0 Å². The average molecular weight is 471 g/mol. The molecule has 1 heterocycles. The summed E-state index contributed by atoms with van der Waals surface area (Å²) in [6.07, 6.45) is 3.11. The molecule has 0 radical (unpaired) electrons. The molecule has 0 bridgehead atoms. The first-order chi connectivity index (χ1) is 16.2. The zero-order chi connectivity index (χ0) is 24.8. The highest BCUT2D eigenvalue weighted by atomic mass is 19.1. The van der Waals surface area contributed by atoms with E-state index in [2.05, 4.69) is 10.6 Å². The molecule has 9 nitrogen and oxygen atoms in total. The average Bonchev–Trinajstić information content (AvgIpc) is 3.20. The van der Waals surface area contributed by atoms with Gasteiger partial charge >= 0.3 is 0 Å². The van der Waals surface area contributed by atoms with Crippen LogP contribution in [-0.2, 0) is 11.2 Å². The van der Waals surface area contributed by atoms with Crippen LogP contribution in [0.3, 0.4) is 0 Å². The molecule has 0 aromatic heterocycles. The van der Waals surface area contributed by atoms with Crippen molar-refractivity contribution in [1.82, 2.24) is 15.5 Å². The molecule has 0 aliphatic carbocycles. The van der Waals surface area contributed by atoms with Crippen LogP contribution in [0.25, 0.3) is 0 Å². The number of ether oxygens (including phenoxy) is 3. The molecule has 1 atom stereocenters. The van der Waals surface area contributed by atoms with Gasteiger partial charge in [-0.1, -0.05) is 0 Å². The molecule has 180 valence electrons. The number of nitrogens with one attached hydrogen (secondary N) is 3. The number of hydrogen-bond donors (Lipinski definition) is 3. The van der Waals surface area contributed by atoms with Crippen LogP contribution >= 0.6 is 0 Å². The molecule has 2 aromatic rings. The Morgan fingerprint density at radius 3 is 2.71 bits per heavy atom. The molecule has 2 aromatic carbocycles. The van der Waals surface area contributed by atoms with Crippen molar-refractivity contribution in [2.24, 2.45) is 0 Å². The third kappa shape index (κ3) is 5.70. The molecule has 1 aliphatic rings. The first kappa shape index (κ1) is 24.7. The topological polar surface area (TPSA) is 113 Å². The second-order valence-electron chi connectivity index (χ2n) is 7.78. The number of methoxy groups -OCH3 is 1. The van der Waals surface area contributed by atoms with Gasteiger partial charge in [-0.2, -0.15) is 0 Å². The number of rotatable bonds is 8. The van der Waals surface area contributed by atoms with Crippen molar-refractivity contribution in [2.75, 3.05) is 34.9 Å². The standard InChI is InChI=1S/C24H27FN4O5/c1-27-8-7-22(26)28-23(30)14-9-20(18-11-16(13-32-4)34-21(18)10-14)33-15-5-6-17(19(25)12-15)24(31)29(2)3/h5-10,12,16,27H,11,13H2,1-4H3,(H2,26,28,30)/b8-7-. The Labute approximate surface area is 197 Å². The Bertz CT molecular complexity index is 1130. The molecular weight excluding hydrogens is 443 g/mol. The summed E-state index contributed by atoms with van der Waals surface area (Å²) in [5.74, 6) is -0.910. The zero-order valence-electron chi connectivity index (χ0n) is 19.4. The first-order valence-electron chi connectivity index (χ1n) is 10.5. The van der Waals surface area contributed by atoms with Crippen LogP contribution < -0.4 is 20.1 Å². The molecular formula is C24H27FN4O5. The molecule has 0 saturated heterocycles. The van der Waals surface area contributed by atoms with Crippen molar-refractivity contribution < 1.29 is 28.2 Å². The fraction of sp³-hybridized carbons (Fsp3) is 0.292. The van der Waals surface area contributed by atoms with Crippen molar-refractivity contribution in [2.45, 2.75) is 12.5 Å². The number of nitrogens with zero attached hydrogens (tertiary/aromatic N) is 1. The summed E-state index contributed by atoms with van der Waals surface area (Å²) in [6.45, 7) is 0.338. The number of carbonyl (C=O) groups excluding carboxylic acids is 2. The Morgan fingerprint density at radius 1 is 1.29 bits per heavy atom. The summed E-state index contributed by atoms with van der Waals surface area (Å²) >= 11 is 0. The molecule has 3 rings (SSSR count). The van der Waals surface area contributed by atoms with Gasteiger partial charge in [-0.05, 0) is 36.5 Å². The van der Waals surface area contributed by atoms with Gasteiger partial charge in [0.1, 0.15) is 35.0 Å². The van der Waals surface area contributed by atoms with E-state index >= 15 is 0 Å². The third-order valence-electron chi connectivity index (χ3n) is 4.98. The molecule has 0 saturated carbocycles. The van der Waals surface area contributed by atoms with E-state index in [1.807, 2.05) is 0 Å². The highest BCUT2D eigenvalue weighted by molar-refractivity contribution is 6.09. The van der Waals surface area contributed by atoms with Gasteiger partial charge in [0.05, 0.1) is 12.2 Å². The lowest BCUT2D eigenvalue weighted by molar-refractivity contribution is 0.0822. The third-order valence-corrected chi connectivity index (χ3v) is 4.98. The van der Waals surface area contributed by atoms with Crippen molar-refractivity contribution in [3.63, 3.8) is 0 Å². The zero-order valence-corrected chi connectivity index (χ0v) is 19.4. The smallest absolute Gasteiger partial charge is 0.257 e. The normalized spacial score (nSPS) is 14.3. The van der Waals surface area contributed by atoms with Crippen LogP contribution in [0.15, 0.2) is 42.6 Å². The molecule has 0 spiro atoms. The van der Waals surface area contributed by atoms with Crippen molar-refractivity contribution in [3.05, 3.63) is 65.1 Å². The molecule has 10 heteroatoms. The minimum absolute atomic E-state index is 0.0765. The first-order valence-corrected chi connectivity index (χ1v) is 10.5. The lowest BCUT2D eigenvalue weighted by Crippen LogP contribution is -2.28. The SMILES string of the molecule is CN/C=C\C(=N)NC(=O)c1cc(Oc2ccc(C(=O)N(C)C)c(F)c2)c2c(c1)OC(COC)C2. The van der Waals surface area contributed by atoms with E-state index in [-0.39, 0.29) is 28.8 Å². The highest BCUT2D eigenvalue weighted by Crippen LogP contribution is 2.40. The molecule has 1 unspecified atom stereocenters. The minimum Gasteiger partial charge on any atom is -0.487 e. The molecule has 0 fully saturated rings. The number of hydrogen-bond acceptors (Lipinski definition) is 7. The van der Waals surface area contributed by atoms with E-state index in [0.717, 1.165) is 6.07 Å². The van der Waals surface area contributed by atoms with E-state index in [4.69, 9.17) is 19.6 Å². The van der Waals surface area contributed by atoms with Gasteiger partial charge in [0.25, 0.3) is 11.8 Å². The largest absolute Gasteiger partial charge is 0.487 e. The fourth-order valence-electron chi connectivity index (χ4n) is 3.38. The Balaban J connectivity index is 1.92. The lowest BCUT2D eigenvalue weighted by Gasteiger charge is -2.14. The number of amides is 2. The van der Waals surface area contributed by atoms with Gasteiger partial charge in [0.15, 0.2) is 0 Å². The van der Waals surface area contributed by atoms with Gasteiger partial charge < -0.3 is 29.7 Å². The number of fused-ring (bicyclic) bond motifs is 1. The highest BCUT2D eigenvalue weighted by Gasteiger charge is 2.29. The van der Waals surface area contributed by atoms with Crippen molar-refractivity contribution in [3.8, 4) is 17.2 Å². The molecule has 34 heavy (non-hydrogen) atoms. The van der Waals surface area contributed by atoms with Crippen molar-refractivity contribution in [1.29, 1.82) is 5.41 Å². The number of amidine groups is 1. The summed E-state index contributed by atoms with van der Waals surface area (Å²) in [4.78, 5) is 26.1. The number of halogens is 1. The molecule has 2 amide bonds. The van der Waals surface area contributed by atoms with E-state index in [0.29, 0.717) is 30.1 Å². The lowest BCUT2D eigenvalue weighted by atomic mass is 10.1. The fourth-order valence-corrected chi connectivity index (χ4v) is 3.38. The Kier molecular flexibility index (Phi) is 7.85. The number of benzene rings is 2. The maximum Gasteiger partial charge on any atom is 0.257 e. The van der Waals surface area contributed by atoms with Crippen LogP contribution in [0.4, 0.5) is 4.39 Å². The molecule has 1 aliphatic heterocycles. The van der Waals surface area contributed by atoms with Crippen LogP contribution in [0, 0.1) is 11.2 Å². The number of carbonyl (C=O) groups is 2. The van der Waals surface area contributed by atoms with Gasteiger partial charge in [0, 0.05) is 51.9 Å². The predicted molar refractivity (Wildman–Crippen MR) is 124 cm³/mol. The van der Waals surface area contributed by atoms with Gasteiger partial charge in [-0.25, -0.2) is 4.39 Å². The van der Waals surface area contributed by atoms with Crippen LogP contribution in [-0.4, -0.2) is 63.5 Å². The summed E-state index contributed by atoms with van der Waals surface area (Å²) in [7, 11) is 6.31. The van der Waals surface area contributed by atoms with Gasteiger partial charge in [0.2, 0.25) is 0 Å². The van der Waals surface area contributed by atoms with Crippen LogP contribution in [0.5, 0.6) is 17.2 Å². The van der Waals surface area contributed by atoms with E-state index in [9.17, 15) is 14.0 Å². The maximum atomic E-state index is 14.6. The van der Waals surface area contributed by atoms with Crippen LogP contribution in [0.1, 0.15) is 26.3 Å². The second kappa shape index (κ2) is 10.8. The second-order valence-corrected chi connectivity index (χ2v) is 7.78. The summed E-state index contributed by atoms with van der Waals surface area (Å²) in [5.41, 5.74) is 0.833. The van der Waals surface area contributed by atoms with E-state index in [1.165, 1.54) is 49.5 Å².